The lowest BCUT2D eigenvalue weighted by molar-refractivity contribution is -0.118. The largest absolute Gasteiger partial charge is 0.496 e. The second kappa shape index (κ2) is 10.6. The predicted octanol–water partition coefficient (Wildman–Crippen LogP) is 3.01. The molecule has 172 valence electrons. The van der Waals surface area contributed by atoms with Crippen LogP contribution < -0.4 is 24.4 Å². The lowest BCUT2D eigenvalue weighted by atomic mass is 10.1. The quantitative estimate of drug-likeness (QED) is 0.560. The molecular formula is C24H26N4O5. The van der Waals surface area contributed by atoms with Crippen molar-refractivity contribution in [3.05, 3.63) is 54.6 Å². The van der Waals surface area contributed by atoms with Crippen molar-refractivity contribution in [1.82, 2.24) is 10.2 Å². The summed E-state index contributed by atoms with van der Waals surface area (Å²) in [6.07, 6.45) is 0. The van der Waals surface area contributed by atoms with Gasteiger partial charge < -0.3 is 29.2 Å². The zero-order valence-electron chi connectivity index (χ0n) is 18.6. The molecule has 1 fully saturated rings. The Morgan fingerprint density at radius 1 is 0.939 bits per heavy atom. The van der Waals surface area contributed by atoms with E-state index in [1.165, 1.54) is 0 Å². The van der Waals surface area contributed by atoms with Gasteiger partial charge in [-0.3, -0.25) is 4.79 Å². The topological polar surface area (TPSA) is 95.0 Å². The van der Waals surface area contributed by atoms with Gasteiger partial charge in [-0.1, -0.05) is 12.1 Å². The molecule has 0 unspecified atom stereocenters. The Morgan fingerprint density at radius 3 is 2.21 bits per heavy atom. The second-order valence-corrected chi connectivity index (χ2v) is 7.34. The van der Waals surface area contributed by atoms with Gasteiger partial charge in [-0.25, -0.2) is 0 Å². The van der Waals surface area contributed by atoms with E-state index >= 15 is 0 Å². The number of ether oxygens (including phenoxy) is 4. The first-order chi connectivity index (χ1) is 16.1. The lowest BCUT2D eigenvalue weighted by Gasteiger charge is -2.27. The summed E-state index contributed by atoms with van der Waals surface area (Å²) in [5.41, 5.74) is 2.34. The highest BCUT2D eigenvalue weighted by Gasteiger charge is 2.13. The SMILES string of the molecule is COc1cc(OC)cc(OCC(=O)Nc2ccc(-c3ccc(N4CCOCC4)nn3)cc2)c1. The van der Waals surface area contributed by atoms with Gasteiger partial charge in [-0.05, 0) is 24.3 Å². The second-order valence-electron chi connectivity index (χ2n) is 7.34. The monoisotopic (exact) mass is 450 g/mol. The molecule has 1 aromatic heterocycles. The van der Waals surface area contributed by atoms with Crippen LogP contribution >= 0.6 is 0 Å². The minimum absolute atomic E-state index is 0.146. The van der Waals surface area contributed by atoms with Crippen molar-refractivity contribution in [1.29, 1.82) is 0 Å². The van der Waals surface area contributed by atoms with E-state index in [2.05, 4.69) is 20.4 Å². The van der Waals surface area contributed by atoms with Crippen LogP contribution in [0, 0.1) is 0 Å². The molecule has 0 saturated carbocycles. The average molecular weight is 450 g/mol. The van der Waals surface area contributed by atoms with Crippen LogP contribution in [0.4, 0.5) is 11.5 Å². The normalized spacial score (nSPS) is 13.3. The smallest absolute Gasteiger partial charge is 0.262 e. The fourth-order valence-electron chi connectivity index (χ4n) is 3.38. The van der Waals surface area contributed by atoms with Crippen LogP contribution in [0.2, 0.25) is 0 Å². The van der Waals surface area contributed by atoms with Crippen molar-refractivity contribution in [2.45, 2.75) is 0 Å². The molecular weight excluding hydrogens is 424 g/mol. The summed E-state index contributed by atoms with van der Waals surface area (Å²) in [4.78, 5) is 14.5. The number of nitrogens with one attached hydrogen (secondary N) is 1. The summed E-state index contributed by atoms with van der Waals surface area (Å²) >= 11 is 0. The molecule has 1 N–H and O–H groups in total. The van der Waals surface area contributed by atoms with E-state index in [0.717, 1.165) is 30.2 Å². The number of carbonyl (C=O) groups excluding carboxylic acids is 1. The molecule has 0 spiro atoms. The minimum Gasteiger partial charge on any atom is -0.496 e. The maximum Gasteiger partial charge on any atom is 0.262 e. The van der Waals surface area contributed by atoms with Crippen LogP contribution in [0.15, 0.2) is 54.6 Å². The number of nitrogens with zero attached hydrogens (tertiary/aromatic N) is 3. The summed E-state index contributed by atoms with van der Waals surface area (Å²) < 4.78 is 21.4. The molecule has 3 aromatic rings. The third-order valence-electron chi connectivity index (χ3n) is 5.14. The van der Waals surface area contributed by atoms with E-state index < -0.39 is 0 Å². The number of morpholine rings is 1. The maximum absolute atomic E-state index is 12.3. The standard InChI is InChI=1S/C24H26N4O5/c1-30-19-13-20(31-2)15-21(14-19)33-16-24(29)25-18-5-3-17(4-6-18)22-7-8-23(27-26-22)28-9-11-32-12-10-28/h3-8,13-15H,9-12,16H2,1-2H3,(H,25,29). The first-order valence-electron chi connectivity index (χ1n) is 10.6. The zero-order chi connectivity index (χ0) is 23.0. The molecule has 4 rings (SSSR count). The molecule has 9 nitrogen and oxygen atoms in total. The number of hydrogen-bond donors (Lipinski definition) is 1. The molecule has 1 saturated heterocycles. The predicted molar refractivity (Wildman–Crippen MR) is 124 cm³/mol. The molecule has 0 atom stereocenters. The number of amides is 1. The van der Waals surface area contributed by atoms with Crippen LogP contribution in [0.25, 0.3) is 11.3 Å². The molecule has 9 heteroatoms. The number of anilines is 2. The van der Waals surface area contributed by atoms with Gasteiger partial charge in [0.05, 0.1) is 33.1 Å². The van der Waals surface area contributed by atoms with Gasteiger partial charge in [0.25, 0.3) is 5.91 Å². The van der Waals surface area contributed by atoms with Crippen LogP contribution in [-0.4, -0.2) is 63.2 Å². The number of carbonyl (C=O) groups is 1. The number of rotatable bonds is 8. The minimum atomic E-state index is -0.279. The summed E-state index contributed by atoms with van der Waals surface area (Å²) in [5.74, 6) is 2.22. The summed E-state index contributed by atoms with van der Waals surface area (Å²) in [6.45, 7) is 2.90. The average Bonchev–Trinajstić information content (AvgIpc) is 2.88. The molecule has 1 aliphatic heterocycles. The Balaban J connectivity index is 1.32. The molecule has 0 bridgehead atoms. The van der Waals surface area contributed by atoms with Crippen LogP contribution in [0.3, 0.4) is 0 Å². The number of benzene rings is 2. The van der Waals surface area contributed by atoms with Gasteiger partial charge in [-0.2, -0.15) is 0 Å². The Morgan fingerprint density at radius 2 is 1.61 bits per heavy atom. The highest BCUT2D eigenvalue weighted by molar-refractivity contribution is 5.92. The molecule has 33 heavy (non-hydrogen) atoms. The van der Waals surface area contributed by atoms with Crippen molar-refractivity contribution in [3.63, 3.8) is 0 Å². The van der Waals surface area contributed by atoms with Crippen molar-refractivity contribution < 1.29 is 23.7 Å². The molecule has 2 heterocycles. The van der Waals surface area contributed by atoms with E-state index in [1.54, 1.807) is 32.4 Å². The Bertz CT molecular complexity index is 1040. The van der Waals surface area contributed by atoms with Crippen molar-refractivity contribution in [2.75, 3.05) is 57.3 Å². The summed E-state index contributed by atoms with van der Waals surface area (Å²) in [5, 5.41) is 11.5. The third kappa shape index (κ3) is 5.89. The number of methoxy groups -OCH3 is 2. The van der Waals surface area contributed by atoms with E-state index in [-0.39, 0.29) is 12.5 Å². The fraction of sp³-hybridized carbons (Fsp3) is 0.292. The fourth-order valence-corrected chi connectivity index (χ4v) is 3.38. The zero-order valence-corrected chi connectivity index (χ0v) is 18.6. The van der Waals surface area contributed by atoms with Gasteiger partial charge in [0.15, 0.2) is 12.4 Å². The van der Waals surface area contributed by atoms with E-state index in [1.807, 2.05) is 36.4 Å². The van der Waals surface area contributed by atoms with Gasteiger partial charge in [0.1, 0.15) is 17.2 Å². The molecule has 2 aromatic carbocycles. The van der Waals surface area contributed by atoms with E-state index in [4.69, 9.17) is 18.9 Å². The highest BCUT2D eigenvalue weighted by Crippen LogP contribution is 2.27. The number of hydrogen-bond acceptors (Lipinski definition) is 8. The Hall–Kier alpha value is -3.85. The van der Waals surface area contributed by atoms with Crippen LogP contribution in [0.5, 0.6) is 17.2 Å². The molecule has 0 aliphatic carbocycles. The molecule has 1 amide bonds. The van der Waals surface area contributed by atoms with Crippen LogP contribution in [0.1, 0.15) is 0 Å². The highest BCUT2D eigenvalue weighted by atomic mass is 16.5. The molecule has 1 aliphatic rings. The van der Waals surface area contributed by atoms with Crippen molar-refractivity contribution >= 4 is 17.4 Å². The maximum atomic E-state index is 12.3. The first kappa shape index (κ1) is 22.3. The first-order valence-corrected chi connectivity index (χ1v) is 10.6. The van der Waals surface area contributed by atoms with Crippen molar-refractivity contribution in [2.24, 2.45) is 0 Å². The lowest BCUT2D eigenvalue weighted by Crippen LogP contribution is -2.36. The third-order valence-corrected chi connectivity index (χ3v) is 5.14. The van der Waals surface area contributed by atoms with E-state index in [0.29, 0.717) is 36.1 Å². The van der Waals surface area contributed by atoms with Crippen molar-refractivity contribution in [3.8, 4) is 28.5 Å². The summed E-state index contributed by atoms with van der Waals surface area (Å²) in [7, 11) is 3.11. The van der Waals surface area contributed by atoms with E-state index in [9.17, 15) is 4.79 Å². The summed E-state index contributed by atoms with van der Waals surface area (Å²) in [6, 6.07) is 16.4. The van der Waals surface area contributed by atoms with Gasteiger partial charge in [-0.15, -0.1) is 10.2 Å². The Labute approximate surface area is 192 Å². The van der Waals surface area contributed by atoms with Gasteiger partial charge >= 0.3 is 0 Å². The number of aromatic nitrogens is 2. The van der Waals surface area contributed by atoms with Gasteiger partial charge in [0, 0.05) is 42.5 Å². The Kier molecular flexibility index (Phi) is 7.21. The van der Waals surface area contributed by atoms with Gasteiger partial charge in [0.2, 0.25) is 0 Å². The molecule has 0 radical (unpaired) electrons. The van der Waals surface area contributed by atoms with Crippen LogP contribution in [-0.2, 0) is 9.53 Å².